The smallest absolute Gasteiger partial charge is 0.255 e. The van der Waals surface area contributed by atoms with E-state index in [9.17, 15) is 9.18 Å². The summed E-state index contributed by atoms with van der Waals surface area (Å²) in [5.74, 6) is 0.690. The molecule has 0 aliphatic carbocycles. The highest BCUT2D eigenvalue weighted by Gasteiger charge is 2.11. The van der Waals surface area contributed by atoms with Crippen molar-refractivity contribution in [1.29, 1.82) is 0 Å². The maximum absolute atomic E-state index is 13.1. The molecule has 0 fully saturated rings. The second-order valence-corrected chi connectivity index (χ2v) is 8.95. The lowest BCUT2D eigenvalue weighted by molar-refractivity contribution is 0.102. The topological polar surface area (TPSA) is 58.1 Å². The number of halogens is 2. The SMILES string of the molecule is CN(Cc1ccccc1)c1cc(Cl)nc(SCc2cccc(C(=O)Nc3ccc(F)cc3)c2)n1. The number of carbonyl (C=O) groups excluding carboxylic acids is 1. The van der Waals surface area contributed by atoms with Crippen LogP contribution in [-0.2, 0) is 12.3 Å². The Hall–Kier alpha value is -3.42. The molecule has 0 aliphatic rings. The highest BCUT2D eigenvalue weighted by Crippen LogP contribution is 2.25. The van der Waals surface area contributed by atoms with Gasteiger partial charge in [-0.05, 0) is 47.5 Å². The van der Waals surface area contributed by atoms with E-state index in [1.807, 2.05) is 48.3 Å². The highest BCUT2D eigenvalue weighted by molar-refractivity contribution is 7.98. The third-order valence-corrected chi connectivity index (χ3v) is 6.09. The third kappa shape index (κ3) is 6.56. The standard InChI is InChI=1S/C26H22ClFN4OS/c1-32(16-18-6-3-2-4-7-18)24-15-23(27)30-26(31-24)34-17-19-8-5-9-20(14-19)25(33)29-22-12-10-21(28)11-13-22/h2-15H,16-17H2,1H3,(H,29,33). The number of carbonyl (C=O) groups is 1. The molecule has 1 amide bonds. The summed E-state index contributed by atoms with van der Waals surface area (Å²) in [6.07, 6.45) is 0. The molecule has 3 aromatic carbocycles. The molecular weight excluding hydrogens is 471 g/mol. The van der Waals surface area contributed by atoms with Gasteiger partial charge in [0.05, 0.1) is 0 Å². The number of thioether (sulfide) groups is 1. The van der Waals surface area contributed by atoms with Crippen LogP contribution in [0.5, 0.6) is 0 Å². The van der Waals surface area contributed by atoms with E-state index >= 15 is 0 Å². The number of nitrogens with one attached hydrogen (secondary N) is 1. The lowest BCUT2D eigenvalue weighted by Gasteiger charge is -2.19. The zero-order chi connectivity index (χ0) is 23.9. The first-order valence-corrected chi connectivity index (χ1v) is 11.9. The molecular formula is C26H22ClFN4OS. The van der Waals surface area contributed by atoms with Crippen LogP contribution in [0.2, 0.25) is 5.15 Å². The second-order valence-electron chi connectivity index (χ2n) is 7.62. The largest absolute Gasteiger partial charge is 0.355 e. The van der Waals surface area contributed by atoms with E-state index in [2.05, 4.69) is 27.4 Å². The summed E-state index contributed by atoms with van der Waals surface area (Å²) >= 11 is 7.71. The Kier molecular flexibility index (Phi) is 7.77. The van der Waals surface area contributed by atoms with Crippen LogP contribution < -0.4 is 10.2 Å². The van der Waals surface area contributed by atoms with Gasteiger partial charge in [-0.25, -0.2) is 14.4 Å². The average molecular weight is 493 g/mol. The molecule has 0 aliphatic heterocycles. The molecule has 1 aromatic heterocycles. The summed E-state index contributed by atoms with van der Waals surface area (Å²) in [4.78, 5) is 23.6. The lowest BCUT2D eigenvalue weighted by atomic mass is 10.1. The number of hydrogen-bond acceptors (Lipinski definition) is 5. The van der Waals surface area contributed by atoms with E-state index in [0.29, 0.717) is 33.9 Å². The fourth-order valence-corrected chi connectivity index (χ4v) is 4.29. The fourth-order valence-electron chi connectivity index (χ4n) is 3.27. The summed E-state index contributed by atoms with van der Waals surface area (Å²) in [5.41, 5.74) is 3.16. The minimum atomic E-state index is -0.352. The van der Waals surface area contributed by atoms with Crippen molar-refractivity contribution in [1.82, 2.24) is 9.97 Å². The van der Waals surface area contributed by atoms with E-state index in [-0.39, 0.29) is 11.7 Å². The Morgan fingerprint density at radius 2 is 1.71 bits per heavy atom. The highest BCUT2D eigenvalue weighted by atomic mass is 35.5. The van der Waals surface area contributed by atoms with Crippen LogP contribution in [0.3, 0.4) is 0 Å². The molecule has 4 aromatic rings. The van der Waals surface area contributed by atoms with Crippen molar-refractivity contribution in [2.45, 2.75) is 17.5 Å². The van der Waals surface area contributed by atoms with Crippen LogP contribution in [0.25, 0.3) is 0 Å². The van der Waals surface area contributed by atoms with Crippen molar-refractivity contribution < 1.29 is 9.18 Å². The molecule has 4 rings (SSSR count). The van der Waals surface area contributed by atoms with Gasteiger partial charge < -0.3 is 10.2 Å². The Labute approximate surface area is 207 Å². The molecule has 1 heterocycles. The molecule has 0 spiro atoms. The quantitative estimate of drug-likeness (QED) is 0.174. The van der Waals surface area contributed by atoms with E-state index in [0.717, 1.165) is 11.4 Å². The summed E-state index contributed by atoms with van der Waals surface area (Å²) in [7, 11) is 1.96. The summed E-state index contributed by atoms with van der Waals surface area (Å²) in [6.45, 7) is 0.698. The predicted molar refractivity (Wildman–Crippen MR) is 136 cm³/mol. The molecule has 0 saturated heterocycles. The molecule has 34 heavy (non-hydrogen) atoms. The van der Waals surface area contributed by atoms with Crippen molar-refractivity contribution in [3.8, 4) is 0 Å². The van der Waals surface area contributed by atoms with Gasteiger partial charge in [0.2, 0.25) is 0 Å². The normalized spacial score (nSPS) is 10.7. The van der Waals surface area contributed by atoms with Crippen LogP contribution in [0, 0.1) is 5.82 Å². The Morgan fingerprint density at radius 3 is 2.47 bits per heavy atom. The number of nitrogens with zero attached hydrogens (tertiary/aromatic N) is 3. The number of benzene rings is 3. The van der Waals surface area contributed by atoms with E-state index < -0.39 is 0 Å². The molecule has 0 atom stereocenters. The number of rotatable bonds is 8. The number of amides is 1. The van der Waals surface area contributed by atoms with Gasteiger partial charge in [-0.3, -0.25) is 4.79 Å². The Morgan fingerprint density at radius 1 is 0.971 bits per heavy atom. The van der Waals surface area contributed by atoms with Crippen molar-refractivity contribution in [3.63, 3.8) is 0 Å². The monoisotopic (exact) mass is 492 g/mol. The fraction of sp³-hybridized carbons (Fsp3) is 0.115. The van der Waals surface area contributed by atoms with Crippen LogP contribution in [-0.4, -0.2) is 22.9 Å². The average Bonchev–Trinajstić information content (AvgIpc) is 2.84. The maximum Gasteiger partial charge on any atom is 0.255 e. The van der Waals surface area contributed by atoms with E-state index in [1.165, 1.54) is 41.6 Å². The van der Waals surface area contributed by atoms with E-state index in [1.54, 1.807) is 12.1 Å². The van der Waals surface area contributed by atoms with Gasteiger partial charge in [0.1, 0.15) is 16.8 Å². The number of anilines is 2. The molecule has 5 nitrogen and oxygen atoms in total. The van der Waals surface area contributed by atoms with Crippen molar-refractivity contribution in [2.24, 2.45) is 0 Å². The molecule has 0 saturated carbocycles. The molecule has 0 unspecified atom stereocenters. The minimum Gasteiger partial charge on any atom is -0.355 e. The van der Waals surface area contributed by atoms with Gasteiger partial charge in [-0.2, -0.15) is 0 Å². The maximum atomic E-state index is 13.1. The molecule has 0 radical (unpaired) electrons. The van der Waals surface area contributed by atoms with Gasteiger partial charge in [0.25, 0.3) is 5.91 Å². The summed E-state index contributed by atoms with van der Waals surface area (Å²) < 4.78 is 13.1. The zero-order valence-corrected chi connectivity index (χ0v) is 20.0. The lowest BCUT2D eigenvalue weighted by Crippen LogP contribution is -2.18. The van der Waals surface area contributed by atoms with Gasteiger partial charge >= 0.3 is 0 Å². The van der Waals surface area contributed by atoms with Crippen molar-refractivity contribution >= 4 is 40.8 Å². The van der Waals surface area contributed by atoms with Crippen LogP contribution in [0.1, 0.15) is 21.5 Å². The van der Waals surface area contributed by atoms with Gasteiger partial charge in [-0.15, -0.1) is 0 Å². The Balaban J connectivity index is 1.41. The minimum absolute atomic E-state index is 0.262. The zero-order valence-electron chi connectivity index (χ0n) is 18.4. The first-order valence-electron chi connectivity index (χ1n) is 10.5. The first-order chi connectivity index (χ1) is 16.5. The first kappa shape index (κ1) is 23.7. The number of aromatic nitrogens is 2. The molecule has 0 bridgehead atoms. The third-order valence-electron chi connectivity index (χ3n) is 4.97. The number of hydrogen-bond donors (Lipinski definition) is 1. The van der Waals surface area contributed by atoms with Crippen molar-refractivity contribution in [2.75, 3.05) is 17.3 Å². The van der Waals surface area contributed by atoms with Gasteiger partial charge in [0, 0.05) is 36.7 Å². The van der Waals surface area contributed by atoms with E-state index in [4.69, 9.17) is 11.6 Å². The predicted octanol–water partition coefficient (Wildman–Crippen LogP) is 6.45. The van der Waals surface area contributed by atoms with Crippen molar-refractivity contribution in [3.05, 3.63) is 113 Å². The van der Waals surface area contributed by atoms with Crippen LogP contribution >= 0.6 is 23.4 Å². The van der Waals surface area contributed by atoms with Crippen LogP contribution in [0.4, 0.5) is 15.9 Å². The Bertz CT molecular complexity index is 1270. The van der Waals surface area contributed by atoms with Crippen LogP contribution in [0.15, 0.2) is 90.1 Å². The van der Waals surface area contributed by atoms with Gasteiger partial charge in [-0.1, -0.05) is 65.8 Å². The molecule has 172 valence electrons. The summed E-state index contributed by atoms with van der Waals surface area (Å²) in [5, 5.41) is 3.71. The van der Waals surface area contributed by atoms with Gasteiger partial charge in [0.15, 0.2) is 5.16 Å². The molecule has 1 N–H and O–H groups in total. The molecule has 8 heteroatoms. The second kappa shape index (κ2) is 11.1. The summed E-state index contributed by atoms with van der Waals surface area (Å²) in [6, 6.07) is 24.8.